The summed E-state index contributed by atoms with van der Waals surface area (Å²) >= 11 is 0. The van der Waals surface area contributed by atoms with Gasteiger partial charge >= 0.3 is 0 Å². The molecule has 15 heavy (non-hydrogen) atoms. The van der Waals surface area contributed by atoms with Crippen LogP contribution >= 0.6 is 0 Å². The second-order valence-corrected chi connectivity index (χ2v) is 4.63. The highest BCUT2D eigenvalue weighted by atomic mass is 16.1. The van der Waals surface area contributed by atoms with Crippen molar-refractivity contribution in [1.82, 2.24) is 0 Å². The Balaban J connectivity index is 3.68. The molecule has 0 saturated heterocycles. The fraction of sp³-hybridized carbons (Fsp3) is 0.750. The number of hydrogen-bond acceptors (Lipinski definition) is 2. The first-order valence-corrected chi connectivity index (χ1v) is 5.59. The monoisotopic (exact) mass is 212 g/mol. The maximum atomic E-state index is 10.6. The zero-order valence-corrected chi connectivity index (χ0v) is 10.1. The predicted octanol–water partition coefficient (Wildman–Crippen LogP) is 1.96. The highest BCUT2D eigenvalue weighted by molar-refractivity contribution is 5.74. The molecule has 0 heterocycles. The van der Waals surface area contributed by atoms with Crippen molar-refractivity contribution in [2.75, 3.05) is 0 Å². The van der Waals surface area contributed by atoms with E-state index in [1.807, 2.05) is 0 Å². The summed E-state index contributed by atoms with van der Waals surface area (Å²) in [5, 5.41) is 0. The van der Waals surface area contributed by atoms with E-state index < -0.39 is 0 Å². The van der Waals surface area contributed by atoms with Crippen LogP contribution in [-0.2, 0) is 4.79 Å². The first kappa shape index (κ1) is 14.2. The predicted molar refractivity (Wildman–Crippen MR) is 64.2 cm³/mol. The van der Waals surface area contributed by atoms with Crippen molar-refractivity contribution in [3.63, 3.8) is 0 Å². The molecule has 0 radical (unpaired) electrons. The molecule has 1 unspecified atom stereocenters. The summed E-state index contributed by atoms with van der Waals surface area (Å²) < 4.78 is 0. The average molecular weight is 212 g/mol. The third-order valence-electron chi connectivity index (χ3n) is 2.38. The van der Waals surface area contributed by atoms with E-state index in [-0.39, 0.29) is 11.9 Å². The molecule has 4 N–H and O–H groups in total. The van der Waals surface area contributed by atoms with Crippen molar-refractivity contribution >= 4 is 5.91 Å². The number of amides is 1. The summed E-state index contributed by atoms with van der Waals surface area (Å²) in [6.07, 6.45) is 5.62. The lowest BCUT2D eigenvalue weighted by Crippen LogP contribution is -2.29. The van der Waals surface area contributed by atoms with Crippen LogP contribution in [0, 0.1) is 5.92 Å². The number of primary amides is 1. The van der Waals surface area contributed by atoms with Crippen LogP contribution in [0.15, 0.2) is 11.6 Å². The van der Waals surface area contributed by atoms with Crippen molar-refractivity contribution in [2.24, 2.45) is 17.4 Å². The number of rotatable bonds is 7. The molecule has 0 aromatic rings. The van der Waals surface area contributed by atoms with Crippen LogP contribution in [0.3, 0.4) is 0 Å². The van der Waals surface area contributed by atoms with E-state index in [0.717, 1.165) is 19.3 Å². The van der Waals surface area contributed by atoms with Gasteiger partial charge in [0, 0.05) is 12.5 Å². The minimum absolute atomic E-state index is 0.0794. The lowest BCUT2D eigenvalue weighted by molar-refractivity contribution is -0.118. The highest BCUT2D eigenvalue weighted by Gasteiger charge is 2.10. The summed E-state index contributed by atoms with van der Waals surface area (Å²) in [5.41, 5.74) is 12.2. The number of carbonyl (C=O) groups excluding carboxylic acids is 1. The Kier molecular flexibility index (Phi) is 7.05. The Labute approximate surface area is 92.9 Å². The molecule has 0 bridgehead atoms. The van der Waals surface area contributed by atoms with Gasteiger partial charge in [-0.1, -0.05) is 18.6 Å². The molecular formula is C12H24N2O. The summed E-state index contributed by atoms with van der Waals surface area (Å²) in [5.74, 6) is 0.244. The average Bonchev–Trinajstić information content (AvgIpc) is 2.00. The lowest BCUT2D eigenvalue weighted by atomic mass is 9.95. The normalized spacial score (nSPS) is 14.4. The number of carbonyl (C=O) groups is 1. The quantitative estimate of drug-likeness (QED) is 0.633. The molecular weight excluding hydrogens is 188 g/mol. The van der Waals surface area contributed by atoms with Crippen molar-refractivity contribution in [3.8, 4) is 0 Å². The first-order chi connectivity index (χ1) is 6.91. The zero-order valence-electron chi connectivity index (χ0n) is 10.1. The molecule has 3 heteroatoms. The lowest BCUT2D eigenvalue weighted by Gasteiger charge is -2.15. The Morgan fingerprint density at radius 3 is 2.47 bits per heavy atom. The molecule has 0 fully saturated rings. The first-order valence-electron chi connectivity index (χ1n) is 5.59. The summed E-state index contributed by atoms with van der Waals surface area (Å²) in [7, 11) is 0. The van der Waals surface area contributed by atoms with Crippen LogP contribution in [-0.4, -0.2) is 11.9 Å². The van der Waals surface area contributed by atoms with E-state index >= 15 is 0 Å². The Morgan fingerprint density at radius 1 is 1.40 bits per heavy atom. The van der Waals surface area contributed by atoms with E-state index in [1.54, 1.807) is 0 Å². The van der Waals surface area contributed by atoms with Gasteiger partial charge in [0.15, 0.2) is 0 Å². The van der Waals surface area contributed by atoms with E-state index in [0.29, 0.717) is 12.3 Å². The van der Waals surface area contributed by atoms with Gasteiger partial charge in [0.25, 0.3) is 0 Å². The molecule has 0 aliphatic carbocycles. The third kappa shape index (κ3) is 9.47. The second-order valence-electron chi connectivity index (χ2n) is 4.63. The van der Waals surface area contributed by atoms with Crippen molar-refractivity contribution in [2.45, 2.75) is 52.5 Å². The van der Waals surface area contributed by atoms with Crippen molar-refractivity contribution in [3.05, 3.63) is 11.6 Å². The fourth-order valence-electron chi connectivity index (χ4n) is 1.63. The van der Waals surface area contributed by atoms with Gasteiger partial charge < -0.3 is 11.5 Å². The molecule has 0 spiro atoms. The van der Waals surface area contributed by atoms with Gasteiger partial charge in [-0.15, -0.1) is 0 Å². The zero-order chi connectivity index (χ0) is 11.8. The molecule has 0 aliphatic heterocycles. The van der Waals surface area contributed by atoms with Crippen LogP contribution in [0.2, 0.25) is 0 Å². The summed E-state index contributed by atoms with van der Waals surface area (Å²) in [6, 6.07) is -0.0794. The van der Waals surface area contributed by atoms with Crippen LogP contribution < -0.4 is 11.5 Å². The molecule has 0 rings (SSSR count). The standard InChI is InChI=1S/C12H24N2O/c1-9(2)5-4-6-10(3)7-11(13)8-12(14)15/h5,10-11H,4,6-8,13H2,1-3H3,(H2,14,15)/t10-,11?/m1/s1. The summed E-state index contributed by atoms with van der Waals surface area (Å²) in [4.78, 5) is 10.6. The van der Waals surface area contributed by atoms with Crippen molar-refractivity contribution in [1.29, 1.82) is 0 Å². The van der Waals surface area contributed by atoms with E-state index in [4.69, 9.17) is 11.5 Å². The van der Waals surface area contributed by atoms with Crippen LogP contribution in [0.5, 0.6) is 0 Å². The number of nitrogens with two attached hydrogens (primary N) is 2. The van der Waals surface area contributed by atoms with Crippen molar-refractivity contribution < 1.29 is 4.79 Å². The molecule has 0 aliphatic rings. The van der Waals surface area contributed by atoms with Gasteiger partial charge in [-0.2, -0.15) is 0 Å². The van der Waals surface area contributed by atoms with E-state index in [2.05, 4.69) is 26.8 Å². The van der Waals surface area contributed by atoms with E-state index in [1.165, 1.54) is 5.57 Å². The molecule has 0 saturated carbocycles. The molecule has 1 amide bonds. The van der Waals surface area contributed by atoms with Gasteiger partial charge in [0.2, 0.25) is 5.91 Å². The molecule has 2 atom stereocenters. The Morgan fingerprint density at radius 2 is 2.00 bits per heavy atom. The van der Waals surface area contributed by atoms with Crippen LogP contribution in [0.1, 0.15) is 46.5 Å². The van der Waals surface area contributed by atoms with Crippen LogP contribution in [0.4, 0.5) is 0 Å². The minimum atomic E-state index is -0.306. The van der Waals surface area contributed by atoms with Gasteiger partial charge in [0.05, 0.1) is 0 Å². The Bertz CT molecular complexity index is 220. The molecule has 0 aromatic carbocycles. The smallest absolute Gasteiger partial charge is 0.218 e. The fourth-order valence-corrected chi connectivity index (χ4v) is 1.63. The van der Waals surface area contributed by atoms with Gasteiger partial charge in [-0.05, 0) is 39.0 Å². The Hall–Kier alpha value is -0.830. The molecule has 3 nitrogen and oxygen atoms in total. The second kappa shape index (κ2) is 7.46. The number of hydrogen-bond donors (Lipinski definition) is 2. The largest absolute Gasteiger partial charge is 0.370 e. The topological polar surface area (TPSA) is 69.1 Å². The highest BCUT2D eigenvalue weighted by Crippen LogP contribution is 2.14. The van der Waals surface area contributed by atoms with Gasteiger partial charge in [-0.3, -0.25) is 4.79 Å². The van der Waals surface area contributed by atoms with Gasteiger partial charge in [0.1, 0.15) is 0 Å². The number of allylic oxidation sites excluding steroid dienone is 2. The SMILES string of the molecule is CC(C)=CCC[C@@H](C)CC(N)CC(N)=O. The molecule has 0 aromatic heterocycles. The van der Waals surface area contributed by atoms with Gasteiger partial charge in [-0.25, -0.2) is 0 Å². The van der Waals surface area contributed by atoms with E-state index in [9.17, 15) is 4.79 Å². The molecule has 88 valence electrons. The summed E-state index contributed by atoms with van der Waals surface area (Å²) in [6.45, 7) is 6.37. The third-order valence-corrected chi connectivity index (χ3v) is 2.38. The van der Waals surface area contributed by atoms with Crippen LogP contribution in [0.25, 0.3) is 0 Å². The maximum Gasteiger partial charge on any atom is 0.218 e. The minimum Gasteiger partial charge on any atom is -0.370 e. The maximum absolute atomic E-state index is 10.6.